The maximum atomic E-state index is 13.4. The lowest BCUT2D eigenvalue weighted by Gasteiger charge is -2.31. The van der Waals surface area contributed by atoms with E-state index in [1.165, 1.54) is 38.1 Å². The summed E-state index contributed by atoms with van der Waals surface area (Å²) in [7, 11) is -1.04. The van der Waals surface area contributed by atoms with Crippen molar-refractivity contribution in [3.05, 3.63) is 63.7 Å². The number of methoxy groups -OCH3 is 1. The maximum absolute atomic E-state index is 13.4. The molecule has 2 aromatic carbocycles. The van der Waals surface area contributed by atoms with Crippen LogP contribution in [0, 0.1) is 17.0 Å². The van der Waals surface area contributed by atoms with E-state index in [4.69, 9.17) is 4.74 Å². The van der Waals surface area contributed by atoms with Crippen molar-refractivity contribution in [3.63, 3.8) is 0 Å². The molecule has 11 nitrogen and oxygen atoms in total. The van der Waals surface area contributed by atoms with Gasteiger partial charge in [-0.1, -0.05) is 18.2 Å². The van der Waals surface area contributed by atoms with E-state index in [1.54, 1.807) is 31.2 Å². The van der Waals surface area contributed by atoms with Crippen LogP contribution < -0.4 is 14.4 Å². The van der Waals surface area contributed by atoms with Gasteiger partial charge in [-0.25, -0.2) is 8.42 Å². The van der Waals surface area contributed by atoms with Crippen LogP contribution in [0.15, 0.2) is 42.5 Å². The van der Waals surface area contributed by atoms with Gasteiger partial charge in [-0.15, -0.1) is 0 Å². The number of nitro groups is 1. The number of amides is 2. The number of benzene rings is 2. The topological polar surface area (TPSA) is 139 Å². The summed E-state index contributed by atoms with van der Waals surface area (Å²) in [5.41, 5.74) is 0.838. The number of sulfonamides is 1. The Morgan fingerprint density at radius 3 is 2.29 bits per heavy atom. The first-order valence-electron chi connectivity index (χ1n) is 10.3. The molecule has 2 aromatic rings. The molecule has 0 heterocycles. The summed E-state index contributed by atoms with van der Waals surface area (Å²) in [4.78, 5) is 37.6. The second-order valence-corrected chi connectivity index (χ2v) is 9.56. The fourth-order valence-electron chi connectivity index (χ4n) is 3.29. The third-order valence-corrected chi connectivity index (χ3v) is 6.40. The molecule has 0 bridgehead atoms. The number of nitro benzene ring substituents is 1. The number of nitrogens with zero attached hydrogens (tertiary/aromatic N) is 3. The number of hydrogen-bond donors (Lipinski definition) is 1. The lowest BCUT2D eigenvalue weighted by molar-refractivity contribution is -0.384. The molecule has 0 spiro atoms. The first-order valence-corrected chi connectivity index (χ1v) is 12.1. The monoisotopic (exact) mass is 492 g/mol. The highest BCUT2D eigenvalue weighted by molar-refractivity contribution is 7.92. The van der Waals surface area contributed by atoms with Crippen molar-refractivity contribution in [1.82, 2.24) is 10.2 Å². The summed E-state index contributed by atoms with van der Waals surface area (Å²) in [6, 6.07) is 9.74. The number of likely N-dealkylation sites (N-methyl/N-ethyl adjacent to an activating group) is 1. The van der Waals surface area contributed by atoms with Gasteiger partial charge in [0.05, 0.1) is 24.0 Å². The summed E-state index contributed by atoms with van der Waals surface area (Å²) in [5, 5.41) is 13.7. The smallest absolute Gasteiger partial charge is 0.271 e. The van der Waals surface area contributed by atoms with E-state index in [1.807, 2.05) is 0 Å². The van der Waals surface area contributed by atoms with Crippen molar-refractivity contribution in [2.45, 2.75) is 26.4 Å². The van der Waals surface area contributed by atoms with Crippen LogP contribution in [-0.2, 0) is 26.2 Å². The van der Waals surface area contributed by atoms with Crippen LogP contribution in [0.5, 0.6) is 5.75 Å². The second-order valence-electron chi connectivity index (χ2n) is 7.66. The largest absolute Gasteiger partial charge is 0.497 e. The van der Waals surface area contributed by atoms with Gasteiger partial charge in [0.2, 0.25) is 21.8 Å². The number of non-ortho nitro benzene ring substituents is 1. The lowest BCUT2D eigenvalue weighted by Crippen LogP contribution is -2.50. The van der Waals surface area contributed by atoms with Crippen molar-refractivity contribution in [1.29, 1.82) is 0 Å². The van der Waals surface area contributed by atoms with Gasteiger partial charge in [-0.3, -0.25) is 24.0 Å². The van der Waals surface area contributed by atoms with Crippen LogP contribution in [-0.4, -0.2) is 63.1 Å². The number of carbonyl (C=O) groups excluding carboxylic acids is 2. The van der Waals surface area contributed by atoms with Gasteiger partial charge in [0.25, 0.3) is 5.69 Å². The van der Waals surface area contributed by atoms with Crippen molar-refractivity contribution in [2.75, 3.05) is 31.3 Å². The Kier molecular flexibility index (Phi) is 8.57. The van der Waals surface area contributed by atoms with Gasteiger partial charge in [0.15, 0.2) is 0 Å². The van der Waals surface area contributed by atoms with Gasteiger partial charge in [-0.2, -0.15) is 0 Å². The minimum Gasteiger partial charge on any atom is -0.497 e. The Labute approximate surface area is 198 Å². The molecule has 0 aliphatic heterocycles. The molecule has 0 unspecified atom stereocenters. The first kappa shape index (κ1) is 26.6. The molecule has 0 fully saturated rings. The van der Waals surface area contributed by atoms with Crippen molar-refractivity contribution >= 4 is 33.2 Å². The normalized spacial score (nSPS) is 11.9. The molecule has 0 aromatic heterocycles. The van der Waals surface area contributed by atoms with Gasteiger partial charge in [0.1, 0.15) is 18.3 Å². The van der Waals surface area contributed by atoms with E-state index in [-0.39, 0.29) is 17.9 Å². The molecule has 0 aliphatic rings. The molecule has 2 rings (SSSR count). The third kappa shape index (κ3) is 6.44. The van der Waals surface area contributed by atoms with Crippen LogP contribution in [0.4, 0.5) is 11.4 Å². The number of aryl methyl sites for hydroxylation is 1. The number of ether oxygens (including phenoxy) is 1. The molecule has 1 atom stereocenters. The minimum absolute atomic E-state index is 0.0158. The molecule has 12 heteroatoms. The summed E-state index contributed by atoms with van der Waals surface area (Å²) in [6.45, 7) is 2.51. The van der Waals surface area contributed by atoms with E-state index in [0.717, 1.165) is 16.6 Å². The summed E-state index contributed by atoms with van der Waals surface area (Å²) < 4.78 is 31.2. The Morgan fingerprint density at radius 1 is 1.18 bits per heavy atom. The minimum atomic E-state index is -4.00. The fraction of sp³-hybridized carbons (Fsp3) is 0.364. The second kappa shape index (κ2) is 11.0. The number of nitrogens with one attached hydrogen (secondary N) is 1. The van der Waals surface area contributed by atoms with Gasteiger partial charge < -0.3 is 15.0 Å². The van der Waals surface area contributed by atoms with Crippen molar-refractivity contribution in [3.8, 4) is 5.75 Å². The molecular formula is C22H28N4O7S. The van der Waals surface area contributed by atoms with Gasteiger partial charge in [0, 0.05) is 25.7 Å². The van der Waals surface area contributed by atoms with Crippen molar-refractivity contribution < 1.29 is 27.7 Å². The zero-order chi connectivity index (χ0) is 25.6. The average molecular weight is 493 g/mol. The highest BCUT2D eigenvalue weighted by Gasteiger charge is 2.30. The zero-order valence-electron chi connectivity index (χ0n) is 19.6. The Balaban J connectivity index is 2.46. The molecule has 0 aliphatic carbocycles. The van der Waals surface area contributed by atoms with Crippen LogP contribution >= 0.6 is 0 Å². The predicted molar refractivity (Wildman–Crippen MR) is 127 cm³/mol. The molecule has 2 amide bonds. The van der Waals surface area contributed by atoms with E-state index in [0.29, 0.717) is 16.9 Å². The summed E-state index contributed by atoms with van der Waals surface area (Å²) in [5.74, 6) is -0.465. The molecule has 184 valence electrons. The molecular weight excluding hydrogens is 464 g/mol. The van der Waals surface area contributed by atoms with E-state index in [2.05, 4.69) is 5.32 Å². The first-order chi connectivity index (χ1) is 15.9. The Bertz CT molecular complexity index is 1170. The zero-order valence-corrected chi connectivity index (χ0v) is 20.5. The summed E-state index contributed by atoms with van der Waals surface area (Å²) >= 11 is 0. The Hall–Kier alpha value is -3.67. The van der Waals surface area contributed by atoms with Crippen molar-refractivity contribution in [2.24, 2.45) is 0 Å². The molecule has 1 N–H and O–H groups in total. The van der Waals surface area contributed by atoms with Crippen LogP contribution in [0.25, 0.3) is 0 Å². The molecule has 0 saturated heterocycles. The van der Waals surface area contributed by atoms with E-state index in [9.17, 15) is 28.1 Å². The number of anilines is 1. The number of carbonyl (C=O) groups is 2. The highest BCUT2D eigenvalue weighted by Crippen LogP contribution is 2.28. The lowest BCUT2D eigenvalue weighted by atomic mass is 10.1. The van der Waals surface area contributed by atoms with Crippen LogP contribution in [0.3, 0.4) is 0 Å². The van der Waals surface area contributed by atoms with Crippen LogP contribution in [0.2, 0.25) is 0 Å². The SMILES string of the molecule is CNC(=O)[C@H](C)N(Cc1ccc(OC)cc1)C(=O)CN(c1cc([N+](=O)[O-])ccc1C)S(C)(=O)=O. The highest BCUT2D eigenvalue weighted by atomic mass is 32.2. The van der Waals surface area contributed by atoms with Crippen LogP contribution in [0.1, 0.15) is 18.1 Å². The third-order valence-electron chi connectivity index (χ3n) is 5.28. The quantitative estimate of drug-likeness (QED) is 0.394. The number of hydrogen-bond acceptors (Lipinski definition) is 7. The average Bonchev–Trinajstić information content (AvgIpc) is 2.79. The van der Waals surface area contributed by atoms with Gasteiger partial charge >= 0.3 is 0 Å². The standard InChI is InChI=1S/C22H28N4O7S/c1-15-6-9-18(26(29)30)12-20(15)25(34(5,31)32)14-21(27)24(16(2)22(28)23-3)13-17-7-10-19(33-4)11-8-17/h6-12,16H,13-14H2,1-5H3,(H,23,28)/t16-/m0/s1. The molecule has 34 heavy (non-hydrogen) atoms. The van der Waals surface area contributed by atoms with E-state index < -0.39 is 39.3 Å². The molecule has 0 saturated carbocycles. The predicted octanol–water partition coefficient (Wildman–Crippen LogP) is 1.84. The molecule has 0 radical (unpaired) electrons. The summed E-state index contributed by atoms with van der Waals surface area (Å²) in [6.07, 6.45) is 0.911. The Morgan fingerprint density at radius 2 is 1.79 bits per heavy atom. The van der Waals surface area contributed by atoms with E-state index >= 15 is 0 Å². The number of rotatable bonds is 10. The maximum Gasteiger partial charge on any atom is 0.271 e. The fourth-order valence-corrected chi connectivity index (χ4v) is 4.19. The van der Waals surface area contributed by atoms with Gasteiger partial charge in [-0.05, 0) is 37.1 Å².